The summed E-state index contributed by atoms with van der Waals surface area (Å²) >= 11 is 0. The Kier molecular flexibility index (Phi) is 2.88. The molecule has 19 heavy (non-hydrogen) atoms. The van der Waals surface area contributed by atoms with Crippen molar-refractivity contribution in [1.82, 2.24) is 0 Å². The minimum absolute atomic E-state index is 0.0693. The molecule has 2 aromatic carbocycles. The van der Waals surface area contributed by atoms with Crippen molar-refractivity contribution in [1.29, 1.82) is 0 Å². The van der Waals surface area contributed by atoms with Gasteiger partial charge in [-0.15, -0.1) is 0 Å². The van der Waals surface area contributed by atoms with Crippen molar-refractivity contribution in [2.75, 3.05) is 0 Å². The van der Waals surface area contributed by atoms with Crippen molar-refractivity contribution in [3.05, 3.63) is 59.4 Å². The average Bonchev–Trinajstić information content (AvgIpc) is 2.87. The van der Waals surface area contributed by atoms with Gasteiger partial charge in [0, 0.05) is 5.39 Å². The topological polar surface area (TPSA) is 33.4 Å². The van der Waals surface area contributed by atoms with Gasteiger partial charge in [0.15, 0.2) is 0 Å². The molecule has 0 saturated carbocycles. The predicted octanol–water partition coefficient (Wildman–Crippen LogP) is 4.21. The van der Waals surface area contributed by atoms with Crippen molar-refractivity contribution in [2.24, 2.45) is 0 Å². The molecule has 0 amide bonds. The molecule has 1 heterocycles. The highest BCUT2D eigenvalue weighted by molar-refractivity contribution is 5.90. The minimum Gasteiger partial charge on any atom is -0.464 e. The van der Waals surface area contributed by atoms with Crippen LogP contribution < -0.4 is 0 Å². The average molecular weight is 252 g/mol. The molecule has 0 fully saturated rings. The molecule has 0 saturated heterocycles. The van der Waals surface area contributed by atoms with E-state index < -0.39 is 0 Å². The normalized spacial score (nSPS) is 11.1. The fraction of sp³-hybridized carbons (Fsp3) is 0.176. The van der Waals surface area contributed by atoms with Crippen molar-refractivity contribution in [3.63, 3.8) is 0 Å². The fourth-order valence-corrected chi connectivity index (χ4v) is 2.71. The van der Waals surface area contributed by atoms with Crippen LogP contribution in [0, 0.1) is 13.8 Å². The molecule has 1 N–H and O–H groups in total. The van der Waals surface area contributed by atoms with E-state index in [-0.39, 0.29) is 6.61 Å². The maximum Gasteiger partial charge on any atom is 0.134 e. The number of aliphatic hydroxyl groups excluding tert-OH is 1. The highest BCUT2D eigenvalue weighted by Gasteiger charge is 2.11. The summed E-state index contributed by atoms with van der Waals surface area (Å²) in [4.78, 5) is 0. The van der Waals surface area contributed by atoms with Crippen LogP contribution >= 0.6 is 0 Å². The molecule has 3 rings (SSSR count). The van der Waals surface area contributed by atoms with Gasteiger partial charge in [-0.1, -0.05) is 18.2 Å². The monoisotopic (exact) mass is 252 g/mol. The van der Waals surface area contributed by atoms with E-state index in [0.717, 1.165) is 22.1 Å². The SMILES string of the molecule is Cc1cc2occc2c(C)c1-c1cccc(CO)c1. The first-order chi connectivity index (χ1) is 9.20. The molecule has 0 aliphatic heterocycles. The largest absolute Gasteiger partial charge is 0.464 e. The van der Waals surface area contributed by atoms with Crippen LogP contribution in [-0.2, 0) is 6.61 Å². The van der Waals surface area contributed by atoms with E-state index >= 15 is 0 Å². The zero-order valence-electron chi connectivity index (χ0n) is 11.1. The van der Waals surface area contributed by atoms with Gasteiger partial charge < -0.3 is 9.52 Å². The van der Waals surface area contributed by atoms with Gasteiger partial charge in [0.1, 0.15) is 5.58 Å². The summed E-state index contributed by atoms with van der Waals surface area (Å²) in [5.41, 5.74) is 6.64. The van der Waals surface area contributed by atoms with E-state index in [1.807, 2.05) is 24.3 Å². The van der Waals surface area contributed by atoms with Crippen molar-refractivity contribution < 1.29 is 9.52 Å². The molecule has 96 valence electrons. The summed E-state index contributed by atoms with van der Waals surface area (Å²) in [6, 6.07) is 12.1. The maximum atomic E-state index is 9.27. The second kappa shape index (κ2) is 4.56. The third-order valence-electron chi connectivity index (χ3n) is 3.61. The number of furan rings is 1. The zero-order chi connectivity index (χ0) is 13.4. The summed E-state index contributed by atoms with van der Waals surface area (Å²) in [5, 5.41) is 10.4. The molecule has 0 unspecified atom stereocenters. The zero-order valence-corrected chi connectivity index (χ0v) is 11.1. The first-order valence-corrected chi connectivity index (χ1v) is 6.38. The summed E-state index contributed by atoms with van der Waals surface area (Å²) in [6.45, 7) is 4.28. The highest BCUT2D eigenvalue weighted by Crippen LogP contribution is 2.33. The lowest BCUT2D eigenvalue weighted by atomic mass is 9.92. The van der Waals surface area contributed by atoms with Crippen LogP contribution in [0.3, 0.4) is 0 Å². The highest BCUT2D eigenvalue weighted by atomic mass is 16.3. The smallest absolute Gasteiger partial charge is 0.134 e. The van der Waals surface area contributed by atoms with Crippen molar-refractivity contribution in [2.45, 2.75) is 20.5 Å². The minimum atomic E-state index is 0.0693. The fourth-order valence-electron chi connectivity index (χ4n) is 2.71. The predicted molar refractivity (Wildman–Crippen MR) is 77.0 cm³/mol. The molecule has 0 aliphatic carbocycles. The van der Waals surface area contributed by atoms with Crippen molar-refractivity contribution >= 4 is 11.0 Å². The molecule has 3 aromatic rings. The Balaban J connectivity index is 2.28. The lowest BCUT2D eigenvalue weighted by molar-refractivity contribution is 0.282. The number of fused-ring (bicyclic) bond motifs is 1. The molecule has 0 atom stereocenters. The Labute approximate surface area is 112 Å². The number of hydrogen-bond donors (Lipinski definition) is 1. The second-order valence-corrected chi connectivity index (χ2v) is 4.88. The Hall–Kier alpha value is -2.06. The van der Waals surface area contributed by atoms with Crippen LogP contribution in [0.15, 0.2) is 47.1 Å². The van der Waals surface area contributed by atoms with Gasteiger partial charge in [0.05, 0.1) is 12.9 Å². The number of hydrogen-bond acceptors (Lipinski definition) is 2. The van der Waals surface area contributed by atoms with Gasteiger partial charge in [-0.3, -0.25) is 0 Å². The molecule has 0 aliphatic rings. The molecule has 1 aromatic heterocycles. The number of aryl methyl sites for hydroxylation is 2. The maximum absolute atomic E-state index is 9.27. The Morgan fingerprint density at radius 1 is 1.11 bits per heavy atom. The van der Waals surface area contributed by atoms with Crippen LogP contribution in [0.4, 0.5) is 0 Å². The first-order valence-electron chi connectivity index (χ1n) is 6.38. The van der Waals surface area contributed by atoms with Gasteiger partial charge in [-0.05, 0) is 59.9 Å². The summed E-state index contributed by atoms with van der Waals surface area (Å²) in [7, 11) is 0. The van der Waals surface area contributed by atoms with Crippen LogP contribution in [-0.4, -0.2) is 5.11 Å². The first kappa shape index (κ1) is 12.0. The van der Waals surface area contributed by atoms with E-state index in [2.05, 4.69) is 26.0 Å². The summed E-state index contributed by atoms with van der Waals surface area (Å²) in [6.07, 6.45) is 1.73. The van der Waals surface area contributed by atoms with Gasteiger partial charge in [0.2, 0.25) is 0 Å². The molecule has 0 radical (unpaired) electrons. The van der Waals surface area contributed by atoms with Gasteiger partial charge in [-0.2, -0.15) is 0 Å². The van der Waals surface area contributed by atoms with E-state index in [9.17, 15) is 5.11 Å². The Morgan fingerprint density at radius 3 is 2.74 bits per heavy atom. The Bertz CT molecular complexity index is 738. The number of rotatable bonds is 2. The van der Waals surface area contributed by atoms with E-state index in [1.165, 1.54) is 16.7 Å². The van der Waals surface area contributed by atoms with Crippen LogP contribution in [0.1, 0.15) is 16.7 Å². The molecule has 2 heteroatoms. The quantitative estimate of drug-likeness (QED) is 0.741. The molecule has 2 nitrogen and oxygen atoms in total. The van der Waals surface area contributed by atoms with Crippen LogP contribution in [0.25, 0.3) is 22.1 Å². The second-order valence-electron chi connectivity index (χ2n) is 4.88. The van der Waals surface area contributed by atoms with Crippen molar-refractivity contribution in [3.8, 4) is 11.1 Å². The van der Waals surface area contributed by atoms with E-state index in [0.29, 0.717) is 0 Å². The van der Waals surface area contributed by atoms with Gasteiger partial charge in [0.25, 0.3) is 0 Å². The van der Waals surface area contributed by atoms with Crippen LogP contribution in [0.2, 0.25) is 0 Å². The summed E-state index contributed by atoms with van der Waals surface area (Å²) in [5.74, 6) is 0. The lowest BCUT2D eigenvalue weighted by Gasteiger charge is -2.12. The van der Waals surface area contributed by atoms with Gasteiger partial charge >= 0.3 is 0 Å². The van der Waals surface area contributed by atoms with Crippen LogP contribution in [0.5, 0.6) is 0 Å². The Morgan fingerprint density at radius 2 is 1.95 bits per heavy atom. The molecular formula is C17H16O2. The van der Waals surface area contributed by atoms with Gasteiger partial charge in [-0.25, -0.2) is 0 Å². The lowest BCUT2D eigenvalue weighted by Crippen LogP contribution is -1.91. The third kappa shape index (κ3) is 1.94. The molecule has 0 spiro atoms. The molecular weight excluding hydrogens is 236 g/mol. The number of benzene rings is 2. The standard InChI is InChI=1S/C17H16O2/c1-11-8-16-15(6-7-19-16)12(2)17(11)14-5-3-4-13(9-14)10-18/h3-9,18H,10H2,1-2H3. The third-order valence-corrected chi connectivity index (χ3v) is 3.61. The van der Waals surface area contributed by atoms with E-state index in [4.69, 9.17) is 4.42 Å². The number of aliphatic hydroxyl groups is 1. The van der Waals surface area contributed by atoms with E-state index in [1.54, 1.807) is 6.26 Å². The summed E-state index contributed by atoms with van der Waals surface area (Å²) < 4.78 is 5.48. The molecule has 0 bridgehead atoms.